The summed E-state index contributed by atoms with van der Waals surface area (Å²) in [5, 5.41) is 5.40. The lowest BCUT2D eigenvalue weighted by Crippen LogP contribution is -2.14. The summed E-state index contributed by atoms with van der Waals surface area (Å²) in [5.41, 5.74) is 3.29. The number of fused-ring (bicyclic) bond motifs is 1. The van der Waals surface area contributed by atoms with E-state index in [9.17, 15) is 4.79 Å². The van der Waals surface area contributed by atoms with E-state index in [1.54, 1.807) is 0 Å². The number of benzene rings is 3. The average Bonchev–Trinajstić information content (AvgIpc) is 3.21. The van der Waals surface area contributed by atoms with Crippen LogP contribution in [0.5, 0.6) is 0 Å². The molecule has 1 N–H and O–H groups in total. The van der Waals surface area contributed by atoms with E-state index in [2.05, 4.69) is 41.7 Å². The zero-order chi connectivity index (χ0) is 18.5. The molecule has 4 rings (SSSR count). The van der Waals surface area contributed by atoms with Crippen molar-refractivity contribution in [2.45, 2.75) is 44.9 Å². The second-order valence-electron chi connectivity index (χ2n) is 7.79. The van der Waals surface area contributed by atoms with E-state index in [4.69, 9.17) is 0 Å². The second kappa shape index (κ2) is 8.39. The van der Waals surface area contributed by atoms with Gasteiger partial charge in [-0.1, -0.05) is 80.3 Å². The highest BCUT2D eigenvalue weighted by molar-refractivity contribution is 5.93. The number of amides is 1. The molecule has 0 aromatic heterocycles. The standard InChI is InChI=1S/C25H27NO/c27-25(18-21-11-14-22-7-3-4-8-23(22)17-21)26-24-15-12-20(13-16-24)10-9-19-5-1-2-6-19/h3-4,7-8,11-17,19H,1-2,5-6,9-10,18H2,(H,26,27). The molecule has 1 aliphatic rings. The molecule has 0 atom stereocenters. The first-order chi connectivity index (χ1) is 13.3. The van der Waals surface area contributed by atoms with Crippen LogP contribution in [-0.4, -0.2) is 5.91 Å². The van der Waals surface area contributed by atoms with Gasteiger partial charge >= 0.3 is 0 Å². The molecule has 0 heterocycles. The Morgan fingerprint density at radius 1 is 0.852 bits per heavy atom. The van der Waals surface area contributed by atoms with Crippen molar-refractivity contribution in [3.63, 3.8) is 0 Å². The van der Waals surface area contributed by atoms with Gasteiger partial charge in [-0.2, -0.15) is 0 Å². The Labute approximate surface area is 161 Å². The highest BCUT2D eigenvalue weighted by Crippen LogP contribution is 2.28. The van der Waals surface area contributed by atoms with Crippen LogP contribution in [0, 0.1) is 5.92 Å². The minimum absolute atomic E-state index is 0.0315. The predicted molar refractivity (Wildman–Crippen MR) is 113 cm³/mol. The fourth-order valence-electron chi connectivity index (χ4n) is 4.16. The van der Waals surface area contributed by atoms with Gasteiger partial charge in [-0.15, -0.1) is 0 Å². The summed E-state index contributed by atoms with van der Waals surface area (Å²) < 4.78 is 0. The molecule has 2 heteroatoms. The Morgan fingerprint density at radius 2 is 1.56 bits per heavy atom. The number of hydrogen-bond acceptors (Lipinski definition) is 1. The third-order valence-electron chi connectivity index (χ3n) is 5.73. The van der Waals surface area contributed by atoms with Gasteiger partial charge in [0.15, 0.2) is 0 Å². The minimum atomic E-state index is 0.0315. The van der Waals surface area contributed by atoms with E-state index in [1.807, 2.05) is 30.3 Å². The van der Waals surface area contributed by atoms with Crippen LogP contribution < -0.4 is 5.32 Å². The number of carbonyl (C=O) groups is 1. The molecule has 2 nitrogen and oxygen atoms in total. The summed E-state index contributed by atoms with van der Waals surface area (Å²) in [6, 6.07) is 22.8. The Hall–Kier alpha value is -2.61. The summed E-state index contributed by atoms with van der Waals surface area (Å²) >= 11 is 0. The number of carbonyl (C=O) groups excluding carboxylic acids is 1. The number of aryl methyl sites for hydroxylation is 1. The van der Waals surface area contributed by atoms with E-state index in [0.717, 1.165) is 23.6 Å². The number of hydrogen-bond donors (Lipinski definition) is 1. The largest absolute Gasteiger partial charge is 0.326 e. The van der Waals surface area contributed by atoms with Crippen LogP contribution in [0.3, 0.4) is 0 Å². The van der Waals surface area contributed by atoms with Crippen molar-refractivity contribution >= 4 is 22.4 Å². The Bertz CT molecular complexity index is 907. The lowest BCUT2D eigenvalue weighted by atomic mass is 9.98. The van der Waals surface area contributed by atoms with Crippen molar-refractivity contribution in [1.29, 1.82) is 0 Å². The Balaban J connectivity index is 1.31. The second-order valence-corrected chi connectivity index (χ2v) is 7.79. The van der Waals surface area contributed by atoms with Crippen LogP contribution in [0.15, 0.2) is 66.7 Å². The molecule has 1 fully saturated rings. The zero-order valence-corrected chi connectivity index (χ0v) is 15.8. The van der Waals surface area contributed by atoms with Crippen molar-refractivity contribution in [3.05, 3.63) is 77.9 Å². The van der Waals surface area contributed by atoms with Crippen molar-refractivity contribution < 1.29 is 4.79 Å². The van der Waals surface area contributed by atoms with Gasteiger partial charge in [0.05, 0.1) is 6.42 Å². The topological polar surface area (TPSA) is 29.1 Å². The normalized spacial score (nSPS) is 14.5. The maximum Gasteiger partial charge on any atom is 0.228 e. The fourth-order valence-corrected chi connectivity index (χ4v) is 4.16. The lowest BCUT2D eigenvalue weighted by Gasteiger charge is -2.10. The van der Waals surface area contributed by atoms with Gasteiger partial charge in [0.1, 0.15) is 0 Å². The summed E-state index contributed by atoms with van der Waals surface area (Å²) in [7, 11) is 0. The van der Waals surface area contributed by atoms with Crippen LogP contribution in [-0.2, 0) is 17.6 Å². The van der Waals surface area contributed by atoms with E-state index in [-0.39, 0.29) is 5.91 Å². The number of nitrogens with one attached hydrogen (secondary N) is 1. The Kier molecular flexibility index (Phi) is 5.53. The van der Waals surface area contributed by atoms with E-state index < -0.39 is 0 Å². The van der Waals surface area contributed by atoms with Crippen LogP contribution in [0.4, 0.5) is 5.69 Å². The molecule has 138 valence electrons. The van der Waals surface area contributed by atoms with Gasteiger partial charge in [0.25, 0.3) is 0 Å². The third kappa shape index (κ3) is 4.77. The molecule has 1 aliphatic carbocycles. The van der Waals surface area contributed by atoms with E-state index in [1.165, 1.54) is 48.4 Å². The average molecular weight is 357 g/mol. The van der Waals surface area contributed by atoms with Crippen LogP contribution in [0.2, 0.25) is 0 Å². The number of rotatable bonds is 6. The molecular formula is C25H27NO. The molecule has 1 saturated carbocycles. The summed E-state index contributed by atoms with van der Waals surface area (Å²) in [4.78, 5) is 12.4. The maximum atomic E-state index is 12.4. The maximum absolute atomic E-state index is 12.4. The SMILES string of the molecule is O=C(Cc1ccc2ccccc2c1)Nc1ccc(CCC2CCCC2)cc1. The lowest BCUT2D eigenvalue weighted by molar-refractivity contribution is -0.115. The van der Waals surface area contributed by atoms with Crippen molar-refractivity contribution in [2.24, 2.45) is 5.92 Å². The van der Waals surface area contributed by atoms with Gasteiger partial charge in [-0.25, -0.2) is 0 Å². The highest BCUT2D eigenvalue weighted by Gasteiger charge is 2.14. The smallest absolute Gasteiger partial charge is 0.228 e. The fraction of sp³-hybridized carbons (Fsp3) is 0.320. The van der Waals surface area contributed by atoms with Crippen LogP contribution in [0.25, 0.3) is 10.8 Å². The minimum Gasteiger partial charge on any atom is -0.326 e. The molecule has 0 saturated heterocycles. The van der Waals surface area contributed by atoms with Gasteiger partial charge in [-0.05, 0) is 52.8 Å². The summed E-state index contributed by atoms with van der Waals surface area (Å²) in [5.74, 6) is 0.954. The number of anilines is 1. The molecule has 1 amide bonds. The van der Waals surface area contributed by atoms with Gasteiger partial charge in [-0.3, -0.25) is 4.79 Å². The highest BCUT2D eigenvalue weighted by atomic mass is 16.1. The van der Waals surface area contributed by atoms with Crippen LogP contribution >= 0.6 is 0 Å². The molecule has 0 radical (unpaired) electrons. The molecule has 0 unspecified atom stereocenters. The molecular weight excluding hydrogens is 330 g/mol. The molecule has 0 bridgehead atoms. The van der Waals surface area contributed by atoms with Gasteiger partial charge < -0.3 is 5.32 Å². The van der Waals surface area contributed by atoms with Crippen molar-refractivity contribution in [1.82, 2.24) is 0 Å². The van der Waals surface area contributed by atoms with E-state index in [0.29, 0.717) is 6.42 Å². The molecule has 0 spiro atoms. The quantitative estimate of drug-likeness (QED) is 0.564. The van der Waals surface area contributed by atoms with Gasteiger partial charge in [0, 0.05) is 5.69 Å². The first-order valence-corrected chi connectivity index (χ1v) is 10.1. The van der Waals surface area contributed by atoms with E-state index >= 15 is 0 Å². The first kappa shape index (κ1) is 17.8. The van der Waals surface area contributed by atoms with Crippen molar-refractivity contribution in [3.8, 4) is 0 Å². The summed E-state index contributed by atoms with van der Waals surface area (Å²) in [6.45, 7) is 0. The molecule has 3 aromatic rings. The molecule has 27 heavy (non-hydrogen) atoms. The zero-order valence-electron chi connectivity index (χ0n) is 15.8. The van der Waals surface area contributed by atoms with Crippen molar-refractivity contribution in [2.75, 3.05) is 5.32 Å². The monoisotopic (exact) mass is 357 g/mol. The predicted octanol–water partition coefficient (Wildman–Crippen LogP) is 6.14. The van der Waals surface area contributed by atoms with Gasteiger partial charge in [0.2, 0.25) is 5.91 Å². The first-order valence-electron chi connectivity index (χ1n) is 10.1. The van der Waals surface area contributed by atoms with Crippen LogP contribution in [0.1, 0.15) is 43.2 Å². The summed E-state index contributed by atoms with van der Waals surface area (Å²) in [6.07, 6.45) is 8.48. The molecule has 3 aromatic carbocycles. The molecule has 0 aliphatic heterocycles. The third-order valence-corrected chi connectivity index (χ3v) is 5.73. The Morgan fingerprint density at radius 3 is 2.33 bits per heavy atom.